The molecule has 0 heterocycles. The van der Waals surface area contributed by atoms with Crippen molar-refractivity contribution in [2.45, 2.75) is 6.92 Å². The van der Waals surface area contributed by atoms with Crippen LogP contribution in [0.15, 0.2) is 40.7 Å². The number of hydrogen-bond donors (Lipinski definition) is 4. The summed E-state index contributed by atoms with van der Waals surface area (Å²) in [5.41, 5.74) is 3.73. The molecule has 0 aromatic rings. The Bertz CT molecular complexity index is 423. The topological polar surface area (TPSA) is 112 Å². The zero-order valence-electron chi connectivity index (χ0n) is 9.92. The highest BCUT2D eigenvalue weighted by Gasteiger charge is 2.17. The van der Waals surface area contributed by atoms with Crippen LogP contribution in [0, 0.1) is 10.8 Å². The molecule has 0 fully saturated rings. The maximum absolute atomic E-state index is 12.5. The van der Waals surface area contributed by atoms with Crippen LogP contribution in [0.4, 0.5) is 17.6 Å². The Morgan fingerprint density at radius 2 is 1.63 bits per heavy atom. The Balaban J connectivity index is 0. The van der Waals surface area contributed by atoms with Crippen LogP contribution >= 0.6 is 0 Å². The molecule has 5 nitrogen and oxygen atoms in total. The molecule has 0 atom stereocenters. The molecule has 0 rings (SSSR count). The standard InChI is InChI=1S/C7H6F4N2.C3H7N3/c1-3(8)5(9)7(11)6(10)4(13)2-12;4-2-1-3-6-5/h2,12-13H,1H3;1-3H,4-5H2/b5-3-,7-6-,12-2?,13-4?;2-1+,6-3-. The van der Waals surface area contributed by atoms with Crippen LogP contribution in [0.2, 0.25) is 0 Å². The molecular formula is C10H13F4N5. The van der Waals surface area contributed by atoms with Crippen LogP contribution in [-0.2, 0) is 0 Å². The Kier molecular flexibility index (Phi) is 10.6. The molecule has 0 aliphatic carbocycles. The lowest BCUT2D eigenvalue weighted by molar-refractivity contribution is 0.473. The molecule has 0 bridgehead atoms. The average Bonchev–Trinajstić information content (AvgIpc) is 2.42. The van der Waals surface area contributed by atoms with E-state index in [0.29, 0.717) is 6.92 Å². The van der Waals surface area contributed by atoms with Crippen LogP contribution in [-0.4, -0.2) is 18.1 Å². The number of nitrogens with zero attached hydrogens (tertiary/aromatic N) is 1. The third-order valence-electron chi connectivity index (χ3n) is 1.35. The second kappa shape index (κ2) is 10.7. The summed E-state index contributed by atoms with van der Waals surface area (Å²) in [7, 11) is 0. The minimum atomic E-state index is -2.10. The fourth-order valence-corrected chi connectivity index (χ4v) is 0.529. The molecule has 0 saturated heterocycles. The van der Waals surface area contributed by atoms with E-state index in [0.717, 1.165) is 0 Å². The zero-order chi connectivity index (χ0) is 15.4. The molecule has 0 radical (unpaired) electrons. The van der Waals surface area contributed by atoms with Gasteiger partial charge in [-0.05, 0) is 19.2 Å². The molecule has 0 saturated carbocycles. The summed E-state index contributed by atoms with van der Waals surface area (Å²) in [5.74, 6) is -2.84. The van der Waals surface area contributed by atoms with Crippen LogP contribution in [0.1, 0.15) is 6.92 Å². The zero-order valence-corrected chi connectivity index (χ0v) is 9.92. The van der Waals surface area contributed by atoms with Gasteiger partial charge in [0.05, 0.1) is 0 Å². The lowest BCUT2D eigenvalue weighted by atomic mass is 10.3. The van der Waals surface area contributed by atoms with Gasteiger partial charge in [-0.1, -0.05) is 0 Å². The van der Waals surface area contributed by atoms with Gasteiger partial charge >= 0.3 is 0 Å². The first kappa shape index (κ1) is 18.9. The predicted octanol–water partition coefficient (Wildman–Crippen LogP) is 2.38. The lowest BCUT2D eigenvalue weighted by Gasteiger charge is -1.96. The molecule has 0 aromatic heterocycles. The first-order valence-electron chi connectivity index (χ1n) is 4.60. The van der Waals surface area contributed by atoms with Gasteiger partial charge in [-0.15, -0.1) is 0 Å². The van der Waals surface area contributed by atoms with Crippen molar-refractivity contribution in [3.05, 3.63) is 35.6 Å². The fraction of sp³-hybridized carbons (Fsp3) is 0.100. The highest BCUT2D eigenvalue weighted by atomic mass is 19.2. The van der Waals surface area contributed by atoms with E-state index in [1.807, 2.05) is 0 Å². The summed E-state index contributed by atoms with van der Waals surface area (Å²) in [4.78, 5) is 0. The molecule has 6 N–H and O–H groups in total. The van der Waals surface area contributed by atoms with E-state index in [-0.39, 0.29) is 6.21 Å². The van der Waals surface area contributed by atoms with Crippen LogP contribution in [0.5, 0.6) is 0 Å². The van der Waals surface area contributed by atoms with Gasteiger partial charge in [-0.25, -0.2) is 17.6 Å². The van der Waals surface area contributed by atoms with Gasteiger partial charge < -0.3 is 17.0 Å². The first-order valence-corrected chi connectivity index (χ1v) is 4.60. The van der Waals surface area contributed by atoms with E-state index < -0.39 is 29.0 Å². The molecule has 0 aromatic carbocycles. The minimum Gasteiger partial charge on any atom is -0.405 e. The minimum absolute atomic E-state index is 0.176. The molecule has 9 heteroatoms. The van der Waals surface area contributed by atoms with E-state index in [9.17, 15) is 17.6 Å². The molecule has 0 aliphatic rings. The van der Waals surface area contributed by atoms with Crippen molar-refractivity contribution < 1.29 is 17.6 Å². The van der Waals surface area contributed by atoms with E-state index in [1.165, 1.54) is 12.4 Å². The van der Waals surface area contributed by atoms with Crippen molar-refractivity contribution in [3.63, 3.8) is 0 Å². The Hall–Kier alpha value is -2.45. The monoisotopic (exact) mass is 279 g/mol. The number of rotatable bonds is 4. The van der Waals surface area contributed by atoms with E-state index in [1.54, 1.807) is 6.08 Å². The van der Waals surface area contributed by atoms with Crippen molar-refractivity contribution in [2.75, 3.05) is 0 Å². The summed E-state index contributed by atoms with van der Waals surface area (Å²) in [6.07, 6.45) is 4.48. The maximum atomic E-state index is 12.5. The predicted molar refractivity (Wildman–Crippen MR) is 66.7 cm³/mol. The summed E-state index contributed by atoms with van der Waals surface area (Å²) < 4.78 is 49.3. The third-order valence-corrected chi connectivity index (χ3v) is 1.35. The number of nitrogens with one attached hydrogen (secondary N) is 2. The second-order valence-corrected chi connectivity index (χ2v) is 2.72. The highest BCUT2D eigenvalue weighted by Crippen LogP contribution is 2.22. The van der Waals surface area contributed by atoms with Gasteiger partial charge in [0, 0.05) is 12.4 Å². The molecule has 0 spiro atoms. The van der Waals surface area contributed by atoms with Crippen LogP contribution in [0.3, 0.4) is 0 Å². The van der Waals surface area contributed by atoms with Crippen molar-refractivity contribution in [1.29, 1.82) is 10.8 Å². The number of hydrogen-bond acceptors (Lipinski definition) is 5. The Labute approximate surface area is 107 Å². The molecule has 106 valence electrons. The Morgan fingerprint density at radius 1 is 1.11 bits per heavy atom. The SMILES string of the molecule is C/C(F)=C(F)\C(F)=C(\F)C(=N)C=N.N/C=C/C=N\N. The molecule has 19 heavy (non-hydrogen) atoms. The lowest BCUT2D eigenvalue weighted by Crippen LogP contribution is -2.00. The molecular weight excluding hydrogens is 266 g/mol. The van der Waals surface area contributed by atoms with Crippen molar-refractivity contribution in [3.8, 4) is 0 Å². The summed E-state index contributed by atoms with van der Waals surface area (Å²) in [6.45, 7) is 0.607. The highest BCUT2D eigenvalue weighted by molar-refractivity contribution is 6.35. The van der Waals surface area contributed by atoms with Crippen molar-refractivity contribution in [2.24, 2.45) is 16.7 Å². The van der Waals surface area contributed by atoms with Gasteiger partial charge in [-0.2, -0.15) is 5.10 Å². The molecule has 0 aliphatic heterocycles. The van der Waals surface area contributed by atoms with Crippen molar-refractivity contribution >= 4 is 18.1 Å². The summed E-state index contributed by atoms with van der Waals surface area (Å²) >= 11 is 0. The number of hydrazone groups is 1. The smallest absolute Gasteiger partial charge is 0.199 e. The van der Waals surface area contributed by atoms with Gasteiger partial charge in [-0.3, -0.25) is 5.41 Å². The van der Waals surface area contributed by atoms with E-state index in [4.69, 9.17) is 16.6 Å². The normalized spacial score (nSPS) is 13.5. The quantitative estimate of drug-likeness (QED) is 0.208. The van der Waals surface area contributed by atoms with Gasteiger partial charge in [0.2, 0.25) is 0 Å². The summed E-state index contributed by atoms with van der Waals surface area (Å²) in [6, 6.07) is 0. The van der Waals surface area contributed by atoms with E-state index in [2.05, 4.69) is 10.9 Å². The third kappa shape index (κ3) is 8.30. The fourth-order valence-electron chi connectivity index (χ4n) is 0.529. The number of halogens is 4. The first-order chi connectivity index (χ1) is 8.83. The average molecular weight is 279 g/mol. The van der Waals surface area contributed by atoms with Crippen molar-refractivity contribution in [1.82, 2.24) is 0 Å². The van der Waals surface area contributed by atoms with Gasteiger partial charge in [0.15, 0.2) is 17.5 Å². The van der Waals surface area contributed by atoms with Crippen LogP contribution in [0.25, 0.3) is 0 Å². The Morgan fingerprint density at radius 3 is 1.89 bits per heavy atom. The molecule has 0 unspecified atom stereocenters. The summed E-state index contributed by atoms with van der Waals surface area (Å²) in [5, 5.41) is 16.1. The van der Waals surface area contributed by atoms with Gasteiger partial charge in [0.25, 0.3) is 0 Å². The number of nitrogens with two attached hydrogens (primary N) is 2. The number of allylic oxidation sites excluding steroid dienone is 5. The van der Waals surface area contributed by atoms with E-state index >= 15 is 0 Å². The van der Waals surface area contributed by atoms with Crippen LogP contribution < -0.4 is 11.6 Å². The molecule has 0 amide bonds. The second-order valence-electron chi connectivity index (χ2n) is 2.72. The van der Waals surface area contributed by atoms with Gasteiger partial charge in [0.1, 0.15) is 11.5 Å². The largest absolute Gasteiger partial charge is 0.405 e. The maximum Gasteiger partial charge on any atom is 0.199 e.